The minimum Gasteiger partial charge on any atom is -0.330 e. The Hall–Kier alpha value is -0.820. The van der Waals surface area contributed by atoms with Crippen LogP contribution in [-0.2, 0) is 12.8 Å². The maximum atomic E-state index is 6.16. The van der Waals surface area contributed by atoms with Gasteiger partial charge in [-0.05, 0) is 73.6 Å². The number of rotatable bonds is 3. The SMILES string of the molecule is NCC(c1ccc2c(c1)CCCC2)C1CCCCCC1. The van der Waals surface area contributed by atoms with Crippen LogP contribution in [0.25, 0.3) is 0 Å². The van der Waals surface area contributed by atoms with Gasteiger partial charge in [0.25, 0.3) is 0 Å². The minimum absolute atomic E-state index is 0.598. The van der Waals surface area contributed by atoms with Crippen LogP contribution in [0.1, 0.15) is 74.0 Å². The first-order valence-corrected chi connectivity index (χ1v) is 8.70. The molecule has 0 radical (unpaired) electrons. The second kappa shape index (κ2) is 6.76. The second-order valence-corrected chi connectivity index (χ2v) is 6.83. The number of aryl methyl sites for hydroxylation is 2. The quantitative estimate of drug-likeness (QED) is 0.800. The first kappa shape index (κ1) is 14.1. The van der Waals surface area contributed by atoms with Crippen LogP contribution in [0, 0.1) is 5.92 Å². The van der Waals surface area contributed by atoms with Crippen molar-refractivity contribution in [2.45, 2.75) is 70.1 Å². The zero-order valence-corrected chi connectivity index (χ0v) is 12.7. The van der Waals surface area contributed by atoms with Gasteiger partial charge in [0.1, 0.15) is 0 Å². The summed E-state index contributed by atoms with van der Waals surface area (Å²) in [6.45, 7) is 0.823. The van der Waals surface area contributed by atoms with Gasteiger partial charge in [-0.2, -0.15) is 0 Å². The lowest BCUT2D eigenvalue weighted by Crippen LogP contribution is -2.22. The molecule has 1 heteroatoms. The molecule has 2 aliphatic carbocycles. The summed E-state index contributed by atoms with van der Waals surface area (Å²) < 4.78 is 0. The van der Waals surface area contributed by atoms with E-state index in [0.29, 0.717) is 5.92 Å². The highest BCUT2D eigenvalue weighted by Gasteiger charge is 2.24. The van der Waals surface area contributed by atoms with Crippen molar-refractivity contribution in [3.05, 3.63) is 34.9 Å². The van der Waals surface area contributed by atoms with Gasteiger partial charge in [0.2, 0.25) is 0 Å². The summed E-state index contributed by atoms with van der Waals surface area (Å²) in [5.41, 5.74) is 10.9. The Bertz CT molecular complexity index is 429. The Kier molecular flexibility index (Phi) is 4.77. The molecule has 0 heterocycles. The van der Waals surface area contributed by atoms with E-state index in [1.54, 1.807) is 11.1 Å². The van der Waals surface area contributed by atoms with E-state index in [2.05, 4.69) is 18.2 Å². The molecule has 1 unspecified atom stereocenters. The zero-order valence-electron chi connectivity index (χ0n) is 12.7. The summed E-state index contributed by atoms with van der Waals surface area (Å²) in [4.78, 5) is 0. The summed E-state index contributed by atoms with van der Waals surface area (Å²) in [7, 11) is 0. The lowest BCUT2D eigenvalue weighted by Gasteiger charge is -2.27. The summed E-state index contributed by atoms with van der Waals surface area (Å²) in [5.74, 6) is 1.42. The maximum Gasteiger partial charge on any atom is -0.000556 e. The van der Waals surface area contributed by atoms with Gasteiger partial charge in [0.05, 0.1) is 0 Å². The Morgan fingerprint density at radius 3 is 2.30 bits per heavy atom. The molecule has 0 amide bonds. The van der Waals surface area contributed by atoms with E-state index in [4.69, 9.17) is 5.73 Å². The molecule has 2 aliphatic rings. The number of hydrogen-bond acceptors (Lipinski definition) is 1. The van der Waals surface area contributed by atoms with E-state index in [-0.39, 0.29) is 0 Å². The van der Waals surface area contributed by atoms with Crippen LogP contribution in [0.2, 0.25) is 0 Å². The Labute approximate surface area is 124 Å². The van der Waals surface area contributed by atoms with E-state index in [1.807, 2.05) is 0 Å². The molecule has 1 aromatic rings. The molecule has 20 heavy (non-hydrogen) atoms. The highest BCUT2D eigenvalue weighted by atomic mass is 14.6. The van der Waals surface area contributed by atoms with Crippen molar-refractivity contribution in [1.29, 1.82) is 0 Å². The van der Waals surface area contributed by atoms with Gasteiger partial charge in [0, 0.05) is 0 Å². The van der Waals surface area contributed by atoms with Crippen LogP contribution in [0.15, 0.2) is 18.2 Å². The molecule has 110 valence electrons. The van der Waals surface area contributed by atoms with E-state index in [0.717, 1.165) is 12.5 Å². The third-order valence-corrected chi connectivity index (χ3v) is 5.52. The molecule has 3 rings (SSSR count). The molecule has 0 aromatic heterocycles. The van der Waals surface area contributed by atoms with Crippen molar-refractivity contribution in [2.75, 3.05) is 6.54 Å². The van der Waals surface area contributed by atoms with Crippen molar-refractivity contribution in [3.8, 4) is 0 Å². The summed E-state index contributed by atoms with van der Waals surface area (Å²) >= 11 is 0. The van der Waals surface area contributed by atoms with Gasteiger partial charge in [-0.3, -0.25) is 0 Å². The molecular formula is C19H29N. The molecule has 0 spiro atoms. The van der Waals surface area contributed by atoms with Crippen molar-refractivity contribution in [3.63, 3.8) is 0 Å². The van der Waals surface area contributed by atoms with Crippen molar-refractivity contribution in [1.82, 2.24) is 0 Å². The van der Waals surface area contributed by atoms with E-state index >= 15 is 0 Å². The second-order valence-electron chi connectivity index (χ2n) is 6.83. The maximum absolute atomic E-state index is 6.16. The molecule has 1 atom stereocenters. The molecule has 0 aliphatic heterocycles. The molecule has 1 nitrogen and oxygen atoms in total. The largest absolute Gasteiger partial charge is 0.330 e. The van der Waals surface area contributed by atoms with E-state index in [1.165, 1.54) is 69.8 Å². The van der Waals surface area contributed by atoms with Crippen LogP contribution in [0.5, 0.6) is 0 Å². The smallest absolute Gasteiger partial charge is 0.000556 e. The van der Waals surface area contributed by atoms with Gasteiger partial charge in [0.15, 0.2) is 0 Å². The molecular weight excluding hydrogens is 242 g/mol. The van der Waals surface area contributed by atoms with Crippen LogP contribution in [0.3, 0.4) is 0 Å². The predicted octanol–water partition coefficient (Wildman–Crippen LogP) is 4.58. The summed E-state index contributed by atoms with van der Waals surface area (Å²) in [6, 6.07) is 7.27. The van der Waals surface area contributed by atoms with E-state index in [9.17, 15) is 0 Å². The lowest BCUT2D eigenvalue weighted by molar-refractivity contribution is 0.380. The van der Waals surface area contributed by atoms with Gasteiger partial charge in [-0.15, -0.1) is 0 Å². The van der Waals surface area contributed by atoms with Crippen LogP contribution in [0.4, 0.5) is 0 Å². The number of nitrogens with two attached hydrogens (primary N) is 1. The van der Waals surface area contributed by atoms with Crippen molar-refractivity contribution < 1.29 is 0 Å². The zero-order chi connectivity index (χ0) is 13.8. The Morgan fingerprint density at radius 2 is 1.60 bits per heavy atom. The number of benzene rings is 1. The van der Waals surface area contributed by atoms with Crippen LogP contribution < -0.4 is 5.73 Å². The average molecular weight is 271 g/mol. The molecule has 1 saturated carbocycles. The number of fused-ring (bicyclic) bond motifs is 1. The first-order chi connectivity index (χ1) is 9.88. The van der Waals surface area contributed by atoms with Crippen LogP contribution >= 0.6 is 0 Å². The molecule has 0 saturated heterocycles. The van der Waals surface area contributed by atoms with Gasteiger partial charge in [-0.25, -0.2) is 0 Å². The first-order valence-electron chi connectivity index (χ1n) is 8.70. The van der Waals surface area contributed by atoms with Crippen LogP contribution in [-0.4, -0.2) is 6.54 Å². The summed E-state index contributed by atoms with van der Waals surface area (Å²) in [6.07, 6.45) is 13.8. The normalized spacial score (nSPS) is 22.1. The fourth-order valence-electron chi connectivity index (χ4n) is 4.30. The van der Waals surface area contributed by atoms with E-state index < -0.39 is 0 Å². The lowest BCUT2D eigenvalue weighted by atomic mass is 9.79. The van der Waals surface area contributed by atoms with Gasteiger partial charge >= 0.3 is 0 Å². The average Bonchev–Trinajstić information content (AvgIpc) is 2.77. The van der Waals surface area contributed by atoms with Gasteiger partial charge < -0.3 is 5.73 Å². The fraction of sp³-hybridized carbons (Fsp3) is 0.684. The number of hydrogen-bond donors (Lipinski definition) is 1. The predicted molar refractivity (Wildman–Crippen MR) is 86.1 cm³/mol. The standard InChI is InChI=1S/C19H29N/c20-14-19(16-8-3-1-2-4-9-16)18-12-11-15-7-5-6-10-17(15)13-18/h11-13,16,19H,1-10,14,20H2. The van der Waals surface area contributed by atoms with Gasteiger partial charge in [-0.1, -0.05) is 43.9 Å². The Balaban J connectivity index is 1.81. The third-order valence-electron chi connectivity index (χ3n) is 5.52. The Morgan fingerprint density at radius 1 is 0.900 bits per heavy atom. The molecule has 0 bridgehead atoms. The minimum atomic E-state index is 0.598. The topological polar surface area (TPSA) is 26.0 Å². The molecule has 2 N–H and O–H groups in total. The highest BCUT2D eigenvalue weighted by molar-refractivity contribution is 5.35. The van der Waals surface area contributed by atoms with Crippen molar-refractivity contribution in [2.24, 2.45) is 11.7 Å². The molecule has 1 aromatic carbocycles. The fourth-order valence-corrected chi connectivity index (χ4v) is 4.30. The van der Waals surface area contributed by atoms with Crippen molar-refractivity contribution >= 4 is 0 Å². The summed E-state index contributed by atoms with van der Waals surface area (Å²) in [5, 5.41) is 0. The highest BCUT2D eigenvalue weighted by Crippen LogP contribution is 2.36. The third kappa shape index (κ3) is 3.09. The monoisotopic (exact) mass is 271 g/mol. The molecule has 1 fully saturated rings.